The van der Waals surface area contributed by atoms with Crippen LogP contribution in [0.25, 0.3) is 0 Å². The molecule has 110 valence electrons. The summed E-state index contributed by atoms with van der Waals surface area (Å²) in [4.78, 5) is 24.7. The fourth-order valence-corrected chi connectivity index (χ4v) is 2.94. The maximum absolute atomic E-state index is 11.8. The molecule has 1 atom stereocenters. The predicted octanol–water partition coefficient (Wildman–Crippen LogP) is 1.91. The maximum atomic E-state index is 11.8. The maximum Gasteiger partial charge on any atom is 0.222 e. The Labute approximate surface area is 119 Å². The molecular formula is C14H25NO3S. The van der Waals surface area contributed by atoms with Crippen molar-refractivity contribution in [1.82, 2.24) is 4.90 Å². The fraction of sp³-hybridized carbons (Fsp3) is 0.857. The molecule has 0 aromatic heterocycles. The van der Waals surface area contributed by atoms with E-state index in [2.05, 4.69) is 0 Å². The predicted molar refractivity (Wildman–Crippen MR) is 77.9 cm³/mol. The molecule has 19 heavy (non-hydrogen) atoms. The van der Waals surface area contributed by atoms with Crippen LogP contribution in [0.1, 0.15) is 40.0 Å². The highest BCUT2D eigenvalue weighted by Crippen LogP contribution is 2.25. The molecule has 0 aromatic carbocycles. The summed E-state index contributed by atoms with van der Waals surface area (Å²) < 4.78 is 0. The number of amides is 1. The zero-order chi connectivity index (χ0) is 14.5. The highest BCUT2D eigenvalue weighted by Gasteiger charge is 2.29. The van der Waals surface area contributed by atoms with E-state index in [4.69, 9.17) is 0 Å². The number of nitrogens with zero attached hydrogens (tertiary/aromatic N) is 1. The summed E-state index contributed by atoms with van der Waals surface area (Å²) in [7, 11) is 0. The highest BCUT2D eigenvalue weighted by atomic mass is 32.2. The molecule has 4 nitrogen and oxygen atoms in total. The second-order valence-corrected chi connectivity index (χ2v) is 7.34. The van der Waals surface area contributed by atoms with E-state index in [9.17, 15) is 14.7 Å². The number of rotatable bonds is 7. The van der Waals surface area contributed by atoms with Crippen LogP contribution in [0.5, 0.6) is 0 Å². The standard InChI is InChI=1S/C14H25NO3S/c1-11(17)19-9-12-7-13(18)15(8-12)6-4-5-14(2,3)10-16/h12,16H,4-10H2,1-3H3. The van der Waals surface area contributed by atoms with E-state index in [0.29, 0.717) is 12.3 Å². The van der Waals surface area contributed by atoms with Crippen molar-refractivity contribution in [2.24, 2.45) is 11.3 Å². The van der Waals surface area contributed by atoms with Crippen molar-refractivity contribution in [2.45, 2.75) is 40.0 Å². The van der Waals surface area contributed by atoms with Crippen LogP contribution in [-0.4, -0.2) is 46.5 Å². The summed E-state index contributed by atoms with van der Waals surface area (Å²) in [5.41, 5.74) is -0.0628. The zero-order valence-corrected chi connectivity index (χ0v) is 13.0. The number of aliphatic hydroxyl groups is 1. The molecule has 1 amide bonds. The summed E-state index contributed by atoms with van der Waals surface area (Å²) >= 11 is 1.31. The van der Waals surface area contributed by atoms with Gasteiger partial charge >= 0.3 is 0 Å². The lowest BCUT2D eigenvalue weighted by atomic mass is 9.89. The van der Waals surface area contributed by atoms with E-state index in [0.717, 1.165) is 31.7 Å². The highest BCUT2D eigenvalue weighted by molar-refractivity contribution is 8.13. The Balaban J connectivity index is 2.28. The minimum atomic E-state index is -0.0628. The van der Waals surface area contributed by atoms with Crippen LogP contribution >= 0.6 is 11.8 Å². The number of carbonyl (C=O) groups excluding carboxylic acids is 2. The third-order valence-corrected chi connectivity index (χ3v) is 4.57. The first-order valence-electron chi connectivity index (χ1n) is 6.86. The molecule has 1 heterocycles. The van der Waals surface area contributed by atoms with Crippen LogP contribution in [-0.2, 0) is 9.59 Å². The molecule has 0 aromatic rings. The quantitative estimate of drug-likeness (QED) is 0.777. The van der Waals surface area contributed by atoms with Gasteiger partial charge in [-0.05, 0) is 24.2 Å². The molecule has 0 spiro atoms. The van der Waals surface area contributed by atoms with Crippen molar-refractivity contribution in [3.05, 3.63) is 0 Å². The number of likely N-dealkylation sites (tertiary alicyclic amines) is 1. The largest absolute Gasteiger partial charge is 0.396 e. The fourth-order valence-electron chi connectivity index (χ4n) is 2.24. The molecule has 1 fully saturated rings. The first-order valence-corrected chi connectivity index (χ1v) is 7.84. The topological polar surface area (TPSA) is 57.6 Å². The van der Waals surface area contributed by atoms with Crippen molar-refractivity contribution in [3.63, 3.8) is 0 Å². The smallest absolute Gasteiger partial charge is 0.222 e. The van der Waals surface area contributed by atoms with Gasteiger partial charge in [0.15, 0.2) is 5.12 Å². The number of carbonyl (C=O) groups is 2. The van der Waals surface area contributed by atoms with Gasteiger partial charge < -0.3 is 10.0 Å². The lowest BCUT2D eigenvalue weighted by Gasteiger charge is -2.23. The summed E-state index contributed by atoms with van der Waals surface area (Å²) in [5.74, 6) is 1.27. The van der Waals surface area contributed by atoms with Crippen molar-refractivity contribution >= 4 is 22.8 Å². The summed E-state index contributed by atoms with van der Waals surface area (Å²) in [6.07, 6.45) is 2.41. The third-order valence-electron chi connectivity index (χ3n) is 3.53. The van der Waals surface area contributed by atoms with Gasteiger partial charge in [0.2, 0.25) is 5.91 Å². The van der Waals surface area contributed by atoms with E-state index < -0.39 is 0 Å². The molecule has 1 aliphatic heterocycles. The Morgan fingerprint density at radius 1 is 1.53 bits per heavy atom. The lowest BCUT2D eigenvalue weighted by Crippen LogP contribution is -2.28. The van der Waals surface area contributed by atoms with Gasteiger partial charge in [0.05, 0.1) is 0 Å². The van der Waals surface area contributed by atoms with Crippen molar-refractivity contribution < 1.29 is 14.7 Å². The van der Waals surface area contributed by atoms with Gasteiger partial charge in [-0.15, -0.1) is 0 Å². The van der Waals surface area contributed by atoms with Gasteiger partial charge in [0.1, 0.15) is 0 Å². The number of hydrogen-bond acceptors (Lipinski definition) is 4. The SMILES string of the molecule is CC(=O)SCC1CC(=O)N(CCCC(C)(C)CO)C1. The van der Waals surface area contributed by atoms with Crippen molar-refractivity contribution in [2.75, 3.05) is 25.4 Å². The molecule has 0 bridgehead atoms. The van der Waals surface area contributed by atoms with Crippen LogP contribution in [0, 0.1) is 11.3 Å². The molecular weight excluding hydrogens is 262 g/mol. The van der Waals surface area contributed by atoms with Gasteiger partial charge in [-0.3, -0.25) is 9.59 Å². The van der Waals surface area contributed by atoms with Gasteiger partial charge in [-0.25, -0.2) is 0 Å². The van der Waals surface area contributed by atoms with Crippen LogP contribution in [0.4, 0.5) is 0 Å². The van der Waals surface area contributed by atoms with E-state index in [1.165, 1.54) is 11.8 Å². The minimum Gasteiger partial charge on any atom is -0.396 e. The number of thioether (sulfide) groups is 1. The summed E-state index contributed by atoms with van der Waals surface area (Å²) in [5, 5.41) is 9.31. The van der Waals surface area contributed by atoms with Crippen LogP contribution < -0.4 is 0 Å². The summed E-state index contributed by atoms with van der Waals surface area (Å²) in [6.45, 7) is 7.35. The zero-order valence-electron chi connectivity index (χ0n) is 12.1. The van der Waals surface area contributed by atoms with Crippen LogP contribution in [0.15, 0.2) is 0 Å². The molecule has 5 heteroatoms. The normalized spacial score (nSPS) is 20.1. The van der Waals surface area contributed by atoms with Gasteiger partial charge in [-0.1, -0.05) is 25.6 Å². The summed E-state index contributed by atoms with van der Waals surface area (Å²) in [6, 6.07) is 0. The average molecular weight is 287 g/mol. The van der Waals surface area contributed by atoms with Gasteiger partial charge in [0, 0.05) is 38.8 Å². The number of hydrogen-bond donors (Lipinski definition) is 1. The molecule has 1 unspecified atom stereocenters. The first kappa shape index (κ1) is 16.5. The van der Waals surface area contributed by atoms with Gasteiger partial charge in [-0.2, -0.15) is 0 Å². The van der Waals surface area contributed by atoms with Crippen molar-refractivity contribution in [3.8, 4) is 0 Å². The second-order valence-electron chi connectivity index (χ2n) is 6.14. The first-order chi connectivity index (χ1) is 8.84. The molecule has 1 saturated heterocycles. The second kappa shape index (κ2) is 7.29. The molecule has 0 radical (unpaired) electrons. The Hall–Kier alpha value is -0.550. The number of aliphatic hydroxyl groups excluding tert-OH is 1. The molecule has 1 N–H and O–H groups in total. The molecule has 1 rings (SSSR count). The average Bonchev–Trinajstić information content (AvgIpc) is 2.68. The Bertz CT molecular complexity index is 331. The minimum absolute atomic E-state index is 0.0628. The lowest BCUT2D eigenvalue weighted by molar-refractivity contribution is -0.127. The van der Waals surface area contributed by atoms with E-state index in [-0.39, 0.29) is 23.0 Å². The monoisotopic (exact) mass is 287 g/mol. The molecule has 0 saturated carbocycles. The molecule has 1 aliphatic rings. The molecule has 0 aliphatic carbocycles. The van der Waals surface area contributed by atoms with E-state index in [1.807, 2.05) is 18.7 Å². The van der Waals surface area contributed by atoms with Crippen molar-refractivity contribution in [1.29, 1.82) is 0 Å². The Morgan fingerprint density at radius 3 is 2.79 bits per heavy atom. The Kier molecular flexibility index (Phi) is 6.33. The Morgan fingerprint density at radius 2 is 2.21 bits per heavy atom. The van der Waals surface area contributed by atoms with E-state index >= 15 is 0 Å². The van der Waals surface area contributed by atoms with Gasteiger partial charge in [0.25, 0.3) is 0 Å². The van der Waals surface area contributed by atoms with E-state index in [1.54, 1.807) is 6.92 Å². The van der Waals surface area contributed by atoms with Crippen LogP contribution in [0.3, 0.4) is 0 Å². The third kappa shape index (κ3) is 5.95. The van der Waals surface area contributed by atoms with Crippen LogP contribution in [0.2, 0.25) is 0 Å².